The highest BCUT2D eigenvalue weighted by Crippen LogP contribution is 2.39. The first-order chi connectivity index (χ1) is 10.2. The second-order valence-corrected chi connectivity index (χ2v) is 5.14. The third-order valence-electron chi connectivity index (χ3n) is 3.85. The monoisotopic (exact) mass is 281 g/mol. The van der Waals surface area contributed by atoms with Crippen LogP contribution >= 0.6 is 0 Å². The second kappa shape index (κ2) is 4.41. The van der Waals surface area contributed by atoms with Crippen LogP contribution in [0.15, 0.2) is 47.0 Å². The van der Waals surface area contributed by atoms with Gasteiger partial charge in [-0.05, 0) is 35.7 Å². The molecule has 1 heterocycles. The van der Waals surface area contributed by atoms with Crippen LogP contribution in [0.25, 0.3) is 11.5 Å². The summed E-state index contributed by atoms with van der Waals surface area (Å²) in [5.41, 5.74) is 9.21. The molecule has 2 N–H and O–H groups in total. The van der Waals surface area contributed by atoms with Gasteiger partial charge in [-0.2, -0.15) is 4.98 Å². The minimum absolute atomic E-state index is 0.147. The fraction of sp³-hybridized carbons (Fsp3) is 0.125. The molecule has 21 heavy (non-hydrogen) atoms. The van der Waals surface area contributed by atoms with Gasteiger partial charge in [-0.3, -0.25) is 0 Å². The average Bonchev–Trinajstić information content (AvgIpc) is 2.92. The Morgan fingerprint density at radius 2 is 2.05 bits per heavy atom. The molecule has 1 aliphatic rings. The maximum atomic E-state index is 13.3. The summed E-state index contributed by atoms with van der Waals surface area (Å²) in [4.78, 5) is 4.38. The van der Waals surface area contributed by atoms with Crippen molar-refractivity contribution < 1.29 is 8.91 Å². The third kappa shape index (κ3) is 1.89. The number of rotatable bonds is 2. The van der Waals surface area contributed by atoms with E-state index in [0.717, 1.165) is 6.42 Å². The van der Waals surface area contributed by atoms with Crippen LogP contribution in [0, 0.1) is 5.82 Å². The van der Waals surface area contributed by atoms with Crippen molar-refractivity contribution in [2.45, 2.75) is 12.3 Å². The van der Waals surface area contributed by atoms with Crippen molar-refractivity contribution in [3.05, 3.63) is 65.2 Å². The van der Waals surface area contributed by atoms with Gasteiger partial charge in [0.05, 0.1) is 11.5 Å². The van der Waals surface area contributed by atoms with Crippen molar-refractivity contribution in [2.75, 3.05) is 5.73 Å². The minimum atomic E-state index is -0.382. The fourth-order valence-electron chi connectivity index (χ4n) is 2.69. The lowest BCUT2D eigenvalue weighted by Crippen LogP contribution is -2.19. The van der Waals surface area contributed by atoms with Crippen LogP contribution in [0.5, 0.6) is 0 Å². The zero-order valence-corrected chi connectivity index (χ0v) is 11.1. The lowest BCUT2D eigenvalue weighted by atomic mass is 9.77. The number of anilines is 1. The standard InChI is InChI=1S/C16H12FN3O/c17-10-5-6-14(18)13(8-10)16-19-15(20-21-16)12-7-9-3-1-2-4-11(9)12/h1-6,8,12H,7,18H2. The van der Waals surface area contributed by atoms with E-state index < -0.39 is 0 Å². The van der Waals surface area contributed by atoms with E-state index in [0.29, 0.717) is 17.1 Å². The van der Waals surface area contributed by atoms with Gasteiger partial charge >= 0.3 is 0 Å². The highest BCUT2D eigenvalue weighted by molar-refractivity contribution is 5.70. The molecule has 2 aromatic carbocycles. The van der Waals surface area contributed by atoms with Gasteiger partial charge in [0.2, 0.25) is 0 Å². The Labute approximate surface area is 120 Å². The molecule has 0 aliphatic heterocycles. The number of nitrogens with two attached hydrogens (primary N) is 1. The van der Waals surface area contributed by atoms with Crippen molar-refractivity contribution in [3.63, 3.8) is 0 Å². The molecule has 1 atom stereocenters. The van der Waals surface area contributed by atoms with Crippen molar-refractivity contribution in [1.29, 1.82) is 0 Å². The Morgan fingerprint density at radius 3 is 2.90 bits per heavy atom. The summed E-state index contributed by atoms with van der Waals surface area (Å²) in [6.07, 6.45) is 0.897. The topological polar surface area (TPSA) is 64.9 Å². The molecule has 3 aromatic rings. The number of nitrogen functional groups attached to an aromatic ring is 1. The molecular weight excluding hydrogens is 269 g/mol. The number of benzene rings is 2. The Bertz CT molecular complexity index is 828. The van der Waals surface area contributed by atoms with Crippen LogP contribution in [0.1, 0.15) is 22.9 Å². The number of halogens is 1. The van der Waals surface area contributed by atoms with Crippen molar-refractivity contribution >= 4 is 5.69 Å². The number of hydrogen-bond acceptors (Lipinski definition) is 4. The van der Waals surface area contributed by atoms with Crippen LogP contribution < -0.4 is 5.73 Å². The lowest BCUT2D eigenvalue weighted by Gasteiger charge is -2.27. The second-order valence-electron chi connectivity index (χ2n) is 5.14. The van der Waals surface area contributed by atoms with Gasteiger partial charge in [0.1, 0.15) is 5.82 Å². The molecular formula is C16H12FN3O. The van der Waals surface area contributed by atoms with Gasteiger partial charge in [-0.25, -0.2) is 4.39 Å². The minimum Gasteiger partial charge on any atom is -0.398 e. The first-order valence-corrected chi connectivity index (χ1v) is 6.69. The molecule has 4 rings (SSSR count). The molecule has 0 bridgehead atoms. The summed E-state index contributed by atoms with van der Waals surface area (Å²) >= 11 is 0. The van der Waals surface area contributed by atoms with E-state index in [4.69, 9.17) is 10.3 Å². The van der Waals surface area contributed by atoms with E-state index in [1.807, 2.05) is 12.1 Å². The Balaban J connectivity index is 1.70. The lowest BCUT2D eigenvalue weighted by molar-refractivity contribution is 0.416. The Morgan fingerprint density at radius 1 is 1.19 bits per heavy atom. The molecule has 0 saturated carbocycles. The largest absolute Gasteiger partial charge is 0.398 e. The first-order valence-electron chi connectivity index (χ1n) is 6.69. The van der Waals surface area contributed by atoms with E-state index in [-0.39, 0.29) is 17.6 Å². The summed E-state index contributed by atoms with van der Waals surface area (Å²) < 4.78 is 18.6. The highest BCUT2D eigenvalue weighted by Gasteiger charge is 2.31. The average molecular weight is 281 g/mol. The van der Waals surface area contributed by atoms with Gasteiger partial charge in [0.15, 0.2) is 5.82 Å². The summed E-state index contributed by atoms with van der Waals surface area (Å²) in [6, 6.07) is 12.3. The highest BCUT2D eigenvalue weighted by atomic mass is 19.1. The van der Waals surface area contributed by atoms with E-state index in [2.05, 4.69) is 22.3 Å². The number of nitrogens with zero attached hydrogens (tertiary/aromatic N) is 2. The smallest absolute Gasteiger partial charge is 0.260 e. The predicted octanol–water partition coefficient (Wildman–Crippen LogP) is 3.15. The van der Waals surface area contributed by atoms with Crippen LogP contribution in [0.4, 0.5) is 10.1 Å². The summed E-state index contributed by atoms with van der Waals surface area (Å²) in [6.45, 7) is 0. The van der Waals surface area contributed by atoms with Gasteiger partial charge in [0, 0.05) is 5.69 Å². The third-order valence-corrected chi connectivity index (χ3v) is 3.85. The molecule has 0 saturated heterocycles. The van der Waals surface area contributed by atoms with Gasteiger partial charge < -0.3 is 10.3 Å². The first kappa shape index (κ1) is 12.1. The van der Waals surface area contributed by atoms with E-state index in [1.165, 1.54) is 29.3 Å². The van der Waals surface area contributed by atoms with Crippen LogP contribution in [-0.4, -0.2) is 10.1 Å². The maximum Gasteiger partial charge on any atom is 0.260 e. The normalized spacial score (nSPS) is 16.3. The predicted molar refractivity (Wildman–Crippen MR) is 76.1 cm³/mol. The van der Waals surface area contributed by atoms with Gasteiger partial charge in [0.25, 0.3) is 5.89 Å². The summed E-state index contributed by atoms with van der Waals surface area (Å²) in [5, 5.41) is 4.02. The van der Waals surface area contributed by atoms with Crippen molar-refractivity contribution in [2.24, 2.45) is 0 Å². The van der Waals surface area contributed by atoms with Crippen LogP contribution in [0.2, 0.25) is 0 Å². The van der Waals surface area contributed by atoms with Crippen LogP contribution in [-0.2, 0) is 6.42 Å². The zero-order chi connectivity index (χ0) is 14.4. The molecule has 0 fully saturated rings. The van der Waals surface area contributed by atoms with Crippen molar-refractivity contribution in [1.82, 2.24) is 10.1 Å². The molecule has 5 heteroatoms. The van der Waals surface area contributed by atoms with Gasteiger partial charge in [-0.15, -0.1) is 0 Å². The SMILES string of the molecule is Nc1ccc(F)cc1-c1nc(C2Cc3ccccc32)no1. The number of fused-ring (bicyclic) bond motifs is 1. The summed E-state index contributed by atoms with van der Waals surface area (Å²) in [7, 11) is 0. The maximum absolute atomic E-state index is 13.3. The van der Waals surface area contributed by atoms with Gasteiger partial charge in [-0.1, -0.05) is 29.4 Å². The van der Waals surface area contributed by atoms with Crippen molar-refractivity contribution in [3.8, 4) is 11.5 Å². The van der Waals surface area contributed by atoms with E-state index in [1.54, 1.807) is 0 Å². The quantitative estimate of drug-likeness (QED) is 0.733. The molecule has 1 aromatic heterocycles. The molecule has 0 spiro atoms. The van der Waals surface area contributed by atoms with Crippen LogP contribution in [0.3, 0.4) is 0 Å². The molecule has 104 valence electrons. The summed E-state index contributed by atoms with van der Waals surface area (Å²) in [5.74, 6) is 0.639. The molecule has 0 radical (unpaired) electrons. The van der Waals surface area contributed by atoms with E-state index >= 15 is 0 Å². The molecule has 0 amide bonds. The zero-order valence-electron chi connectivity index (χ0n) is 11.1. The molecule has 4 nitrogen and oxygen atoms in total. The molecule has 1 aliphatic carbocycles. The number of aromatic nitrogens is 2. The van der Waals surface area contributed by atoms with E-state index in [9.17, 15) is 4.39 Å². The fourth-order valence-corrected chi connectivity index (χ4v) is 2.69. The number of hydrogen-bond donors (Lipinski definition) is 1. The Kier molecular flexibility index (Phi) is 2.54. The molecule has 1 unspecified atom stereocenters. The Hall–Kier alpha value is -2.69.